The van der Waals surface area contributed by atoms with Gasteiger partial charge in [-0.15, -0.1) is 0 Å². The predicted octanol–water partition coefficient (Wildman–Crippen LogP) is 10.4. The fourth-order valence-electron chi connectivity index (χ4n) is 10.0. The van der Waals surface area contributed by atoms with E-state index in [0.29, 0.717) is 17.8 Å². The van der Waals surface area contributed by atoms with Crippen molar-refractivity contribution in [2.24, 2.45) is 65.1 Å². The molecule has 7 atom stereocenters. The number of rotatable bonds is 3. The molecule has 0 aromatic rings. The number of hydrogen-bond donors (Lipinski definition) is 0. The molecule has 5 rings (SSSR count). The van der Waals surface area contributed by atoms with Gasteiger partial charge < -0.3 is 0 Å². The summed E-state index contributed by atoms with van der Waals surface area (Å²) in [7, 11) is 0. The lowest BCUT2D eigenvalue weighted by atomic mass is 9.49. The molecule has 0 aromatic heterocycles. The van der Waals surface area contributed by atoms with Crippen LogP contribution in [0.15, 0.2) is 33.4 Å². The molecule has 0 N–H and O–H groups in total. The minimum absolute atomic E-state index is 0.692. The zero-order valence-corrected chi connectivity index (χ0v) is 24.7. The Kier molecular flexibility index (Phi) is 7.26. The van der Waals surface area contributed by atoms with Crippen LogP contribution in [0.4, 0.5) is 0 Å². The lowest BCUT2D eigenvalue weighted by Crippen LogP contribution is -2.45. The summed E-state index contributed by atoms with van der Waals surface area (Å²) in [5, 5.41) is 0. The molecular formula is C35H56. The average molecular weight is 477 g/mol. The van der Waals surface area contributed by atoms with Crippen molar-refractivity contribution in [3.63, 3.8) is 0 Å². The largest absolute Gasteiger partial charge is 0.0650 e. The molecule has 196 valence electrons. The molecule has 0 aromatic carbocycles. The van der Waals surface area contributed by atoms with Crippen LogP contribution in [-0.4, -0.2) is 0 Å². The van der Waals surface area contributed by atoms with Gasteiger partial charge in [0.05, 0.1) is 0 Å². The van der Waals surface area contributed by atoms with Crippen molar-refractivity contribution < 1.29 is 0 Å². The Morgan fingerprint density at radius 1 is 0.571 bits per heavy atom. The Labute approximate surface area is 218 Å². The van der Waals surface area contributed by atoms with Gasteiger partial charge in [0.2, 0.25) is 0 Å². The maximum atomic E-state index is 2.63. The summed E-state index contributed by atoms with van der Waals surface area (Å²) in [6, 6.07) is 0. The van der Waals surface area contributed by atoms with Crippen LogP contribution in [0, 0.1) is 65.1 Å². The van der Waals surface area contributed by atoms with E-state index in [9.17, 15) is 0 Å². The van der Waals surface area contributed by atoms with Crippen molar-refractivity contribution in [2.75, 3.05) is 0 Å². The van der Waals surface area contributed by atoms with E-state index >= 15 is 0 Å². The van der Waals surface area contributed by atoms with Crippen molar-refractivity contribution in [3.05, 3.63) is 33.4 Å². The van der Waals surface area contributed by atoms with Crippen LogP contribution in [0.1, 0.15) is 120 Å². The molecule has 0 saturated heterocycles. The van der Waals surface area contributed by atoms with Crippen LogP contribution >= 0.6 is 0 Å². The van der Waals surface area contributed by atoms with E-state index in [4.69, 9.17) is 0 Å². The molecule has 0 spiro atoms. The SMILES string of the molecule is CC1CCC(C2CCC(C)C3=C2C2C(=C(C(C)C)C3)C(C)C(C)C3=C(C(C)C)C(C)CCC32)CC1. The van der Waals surface area contributed by atoms with Crippen LogP contribution in [0.2, 0.25) is 0 Å². The highest BCUT2D eigenvalue weighted by molar-refractivity contribution is 5.49. The number of fused-ring (bicyclic) bond motifs is 4. The van der Waals surface area contributed by atoms with Crippen LogP contribution in [0.5, 0.6) is 0 Å². The minimum atomic E-state index is 0.692. The molecule has 5 aliphatic rings. The third kappa shape index (κ3) is 4.26. The van der Waals surface area contributed by atoms with Crippen molar-refractivity contribution in [1.82, 2.24) is 0 Å². The Bertz CT molecular complexity index is 898. The van der Waals surface area contributed by atoms with Gasteiger partial charge in [-0.25, -0.2) is 0 Å². The summed E-state index contributed by atoms with van der Waals surface area (Å²) >= 11 is 0. The van der Waals surface area contributed by atoms with E-state index in [1.165, 1.54) is 57.8 Å². The standard InChI is InChI=1S/C35H56/c1-19(2)29-18-30-22(6)12-16-27(26-14-10-21(5)11-15-26)34(30)35-28-17-13-23(7)31(20(3)4)32(28)24(8)25(9)33(29)35/h19-28,35H,10-18H2,1-9H3. The normalized spacial score (nSPS) is 42.4. The first-order valence-electron chi connectivity index (χ1n) is 15.8. The summed E-state index contributed by atoms with van der Waals surface area (Å²) in [6.45, 7) is 22.9. The van der Waals surface area contributed by atoms with E-state index in [0.717, 1.165) is 47.3 Å². The summed E-state index contributed by atoms with van der Waals surface area (Å²) in [6.07, 6.45) is 13.0. The predicted molar refractivity (Wildman–Crippen MR) is 152 cm³/mol. The second-order valence-electron chi connectivity index (χ2n) is 14.6. The van der Waals surface area contributed by atoms with E-state index in [-0.39, 0.29) is 0 Å². The van der Waals surface area contributed by atoms with Gasteiger partial charge in [-0.05, 0) is 104 Å². The zero-order chi connectivity index (χ0) is 25.2. The van der Waals surface area contributed by atoms with Gasteiger partial charge >= 0.3 is 0 Å². The van der Waals surface area contributed by atoms with E-state index in [1.807, 2.05) is 33.4 Å². The van der Waals surface area contributed by atoms with E-state index < -0.39 is 0 Å². The van der Waals surface area contributed by atoms with Crippen LogP contribution in [0.3, 0.4) is 0 Å². The van der Waals surface area contributed by atoms with Gasteiger partial charge in [-0.3, -0.25) is 0 Å². The topological polar surface area (TPSA) is 0 Å². The van der Waals surface area contributed by atoms with Gasteiger partial charge in [0.15, 0.2) is 0 Å². The van der Waals surface area contributed by atoms with Crippen molar-refractivity contribution >= 4 is 0 Å². The summed E-state index contributed by atoms with van der Waals surface area (Å²) in [4.78, 5) is 0. The van der Waals surface area contributed by atoms with Gasteiger partial charge in [0.25, 0.3) is 0 Å². The molecule has 0 bridgehead atoms. The number of allylic oxidation sites excluding steroid dienone is 6. The lowest BCUT2D eigenvalue weighted by Gasteiger charge is -2.56. The lowest BCUT2D eigenvalue weighted by molar-refractivity contribution is 0.172. The Hall–Kier alpha value is -0.780. The molecule has 0 amide bonds. The molecule has 0 heteroatoms. The average Bonchev–Trinajstić information content (AvgIpc) is 2.82. The summed E-state index contributed by atoms with van der Waals surface area (Å²) in [5.74, 6) is 8.73. The van der Waals surface area contributed by atoms with E-state index in [2.05, 4.69) is 62.3 Å². The smallest absolute Gasteiger partial charge is 0.00842 e. The van der Waals surface area contributed by atoms with Gasteiger partial charge in [-0.1, -0.05) is 109 Å². The van der Waals surface area contributed by atoms with Crippen molar-refractivity contribution in [1.29, 1.82) is 0 Å². The molecule has 0 aliphatic heterocycles. The number of hydrogen-bond acceptors (Lipinski definition) is 0. The van der Waals surface area contributed by atoms with Crippen molar-refractivity contribution in [3.8, 4) is 0 Å². The molecule has 35 heavy (non-hydrogen) atoms. The molecule has 2 fully saturated rings. The first-order chi connectivity index (χ1) is 16.6. The minimum Gasteiger partial charge on any atom is -0.0650 e. The van der Waals surface area contributed by atoms with E-state index in [1.54, 1.807) is 0 Å². The third-order valence-electron chi connectivity index (χ3n) is 12.0. The van der Waals surface area contributed by atoms with Crippen molar-refractivity contribution in [2.45, 2.75) is 120 Å². The van der Waals surface area contributed by atoms with Gasteiger partial charge in [0.1, 0.15) is 0 Å². The van der Waals surface area contributed by atoms with Crippen LogP contribution in [0.25, 0.3) is 0 Å². The zero-order valence-electron chi connectivity index (χ0n) is 24.7. The van der Waals surface area contributed by atoms with Gasteiger partial charge in [-0.2, -0.15) is 0 Å². The fraction of sp³-hybridized carbons (Fsp3) is 0.829. The highest BCUT2D eigenvalue weighted by atomic mass is 14.6. The molecule has 0 nitrogen and oxygen atoms in total. The first kappa shape index (κ1) is 25.9. The maximum absolute atomic E-state index is 2.63. The summed E-state index contributed by atoms with van der Waals surface area (Å²) in [5.41, 5.74) is 11.6. The summed E-state index contributed by atoms with van der Waals surface area (Å²) < 4.78 is 0. The Balaban J connectivity index is 1.68. The first-order valence-corrected chi connectivity index (χ1v) is 15.8. The fourth-order valence-corrected chi connectivity index (χ4v) is 10.0. The highest BCUT2D eigenvalue weighted by Crippen LogP contribution is 2.62. The molecular weight excluding hydrogens is 420 g/mol. The molecule has 7 unspecified atom stereocenters. The van der Waals surface area contributed by atoms with Gasteiger partial charge in [0, 0.05) is 5.92 Å². The monoisotopic (exact) mass is 476 g/mol. The second kappa shape index (κ2) is 9.83. The third-order valence-corrected chi connectivity index (χ3v) is 12.0. The molecule has 0 radical (unpaired) electrons. The molecule has 0 heterocycles. The maximum Gasteiger partial charge on any atom is 0.00842 e. The quantitative estimate of drug-likeness (QED) is 0.355. The molecule has 5 aliphatic carbocycles. The Morgan fingerprint density at radius 2 is 1.17 bits per heavy atom. The Morgan fingerprint density at radius 3 is 1.80 bits per heavy atom. The highest BCUT2D eigenvalue weighted by Gasteiger charge is 2.51. The van der Waals surface area contributed by atoms with Crippen LogP contribution in [-0.2, 0) is 0 Å². The second-order valence-corrected chi connectivity index (χ2v) is 14.6. The van der Waals surface area contributed by atoms with Crippen LogP contribution < -0.4 is 0 Å². The molecule has 2 saturated carbocycles.